The van der Waals surface area contributed by atoms with Crippen molar-refractivity contribution in [2.75, 3.05) is 0 Å². The SMILES string of the molecule is CCCC(O)(CCC)C(C)C. The lowest BCUT2D eigenvalue weighted by molar-refractivity contribution is -0.0219. The first-order valence-corrected chi connectivity index (χ1v) is 4.79. The van der Waals surface area contributed by atoms with Crippen LogP contribution in [-0.4, -0.2) is 10.7 Å². The Balaban J connectivity index is 4.01. The lowest BCUT2D eigenvalue weighted by Crippen LogP contribution is -2.34. The topological polar surface area (TPSA) is 20.2 Å². The van der Waals surface area contributed by atoms with Gasteiger partial charge in [-0.15, -0.1) is 0 Å². The van der Waals surface area contributed by atoms with E-state index in [4.69, 9.17) is 0 Å². The van der Waals surface area contributed by atoms with Crippen LogP contribution in [0.2, 0.25) is 0 Å². The number of aliphatic hydroxyl groups is 1. The van der Waals surface area contributed by atoms with E-state index in [0.717, 1.165) is 25.7 Å². The van der Waals surface area contributed by atoms with Crippen LogP contribution in [0.1, 0.15) is 53.4 Å². The van der Waals surface area contributed by atoms with Crippen LogP contribution in [0.15, 0.2) is 0 Å². The highest BCUT2D eigenvalue weighted by atomic mass is 16.3. The summed E-state index contributed by atoms with van der Waals surface area (Å²) in [4.78, 5) is 0. The maximum Gasteiger partial charge on any atom is 0.0670 e. The summed E-state index contributed by atoms with van der Waals surface area (Å²) in [7, 11) is 0. The molecule has 68 valence electrons. The van der Waals surface area contributed by atoms with Gasteiger partial charge in [0.05, 0.1) is 5.60 Å². The smallest absolute Gasteiger partial charge is 0.0670 e. The fraction of sp³-hybridized carbons (Fsp3) is 1.00. The molecule has 1 nitrogen and oxygen atoms in total. The fourth-order valence-corrected chi connectivity index (χ4v) is 1.57. The van der Waals surface area contributed by atoms with Crippen molar-refractivity contribution in [3.8, 4) is 0 Å². The van der Waals surface area contributed by atoms with E-state index in [0.29, 0.717) is 5.92 Å². The van der Waals surface area contributed by atoms with Crippen LogP contribution < -0.4 is 0 Å². The van der Waals surface area contributed by atoms with Crippen molar-refractivity contribution in [2.45, 2.75) is 59.0 Å². The van der Waals surface area contributed by atoms with Gasteiger partial charge in [-0.05, 0) is 18.8 Å². The molecule has 0 atom stereocenters. The van der Waals surface area contributed by atoms with E-state index in [-0.39, 0.29) is 0 Å². The summed E-state index contributed by atoms with van der Waals surface area (Å²) >= 11 is 0. The first-order chi connectivity index (χ1) is 5.06. The highest BCUT2D eigenvalue weighted by molar-refractivity contribution is 4.80. The first-order valence-electron chi connectivity index (χ1n) is 4.79. The van der Waals surface area contributed by atoms with Crippen LogP contribution >= 0.6 is 0 Å². The van der Waals surface area contributed by atoms with Crippen molar-refractivity contribution in [1.29, 1.82) is 0 Å². The molecule has 0 spiro atoms. The third-order valence-electron chi connectivity index (χ3n) is 2.44. The molecule has 0 aliphatic heterocycles. The second kappa shape index (κ2) is 4.76. The Morgan fingerprint density at radius 3 is 1.64 bits per heavy atom. The zero-order valence-corrected chi connectivity index (χ0v) is 8.35. The molecule has 0 amide bonds. The van der Waals surface area contributed by atoms with E-state index in [9.17, 15) is 5.11 Å². The quantitative estimate of drug-likeness (QED) is 0.652. The number of hydrogen-bond acceptors (Lipinski definition) is 1. The molecule has 0 unspecified atom stereocenters. The molecule has 1 N–H and O–H groups in total. The van der Waals surface area contributed by atoms with E-state index >= 15 is 0 Å². The van der Waals surface area contributed by atoms with Gasteiger partial charge in [-0.25, -0.2) is 0 Å². The Labute approximate surface area is 70.8 Å². The van der Waals surface area contributed by atoms with Gasteiger partial charge < -0.3 is 5.11 Å². The average molecular weight is 158 g/mol. The van der Waals surface area contributed by atoms with Gasteiger partial charge in [-0.1, -0.05) is 40.5 Å². The molecule has 0 aliphatic carbocycles. The summed E-state index contributed by atoms with van der Waals surface area (Å²) < 4.78 is 0. The molecule has 0 heterocycles. The van der Waals surface area contributed by atoms with Crippen LogP contribution in [0.25, 0.3) is 0 Å². The number of rotatable bonds is 5. The Bertz CT molecular complexity index is 91.0. The molecular weight excluding hydrogens is 136 g/mol. The third-order valence-corrected chi connectivity index (χ3v) is 2.44. The van der Waals surface area contributed by atoms with Crippen LogP contribution in [0.5, 0.6) is 0 Å². The van der Waals surface area contributed by atoms with Crippen molar-refractivity contribution in [3.63, 3.8) is 0 Å². The zero-order valence-electron chi connectivity index (χ0n) is 8.35. The molecule has 0 aromatic heterocycles. The summed E-state index contributed by atoms with van der Waals surface area (Å²) in [6.07, 6.45) is 4.04. The van der Waals surface area contributed by atoms with Gasteiger partial charge in [0.25, 0.3) is 0 Å². The number of hydrogen-bond donors (Lipinski definition) is 1. The van der Waals surface area contributed by atoms with Crippen LogP contribution in [-0.2, 0) is 0 Å². The Hall–Kier alpha value is -0.0400. The van der Waals surface area contributed by atoms with E-state index in [1.54, 1.807) is 0 Å². The summed E-state index contributed by atoms with van der Waals surface area (Å²) in [6.45, 7) is 8.46. The Kier molecular flexibility index (Phi) is 4.74. The molecule has 0 saturated heterocycles. The van der Waals surface area contributed by atoms with Crippen LogP contribution in [0.4, 0.5) is 0 Å². The second-order valence-corrected chi connectivity index (χ2v) is 3.76. The van der Waals surface area contributed by atoms with Gasteiger partial charge in [0.1, 0.15) is 0 Å². The molecular formula is C10H22O. The molecule has 0 fully saturated rings. The maximum absolute atomic E-state index is 10.1. The fourth-order valence-electron chi connectivity index (χ4n) is 1.57. The zero-order chi connectivity index (χ0) is 8.91. The summed E-state index contributed by atoms with van der Waals surface area (Å²) in [5.74, 6) is 0.391. The average Bonchev–Trinajstić information content (AvgIpc) is 1.88. The largest absolute Gasteiger partial charge is 0.390 e. The van der Waals surface area contributed by atoms with Crippen molar-refractivity contribution >= 4 is 0 Å². The normalized spacial score (nSPS) is 12.5. The van der Waals surface area contributed by atoms with Gasteiger partial charge in [0.15, 0.2) is 0 Å². The standard InChI is InChI=1S/C10H22O/c1-5-7-10(11,8-6-2)9(3)4/h9,11H,5-8H2,1-4H3. The molecule has 0 aromatic rings. The molecule has 0 radical (unpaired) electrons. The molecule has 0 aromatic carbocycles. The lowest BCUT2D eigenvalue weighted by atomic mass is 9.82. The summed E-state index contributed by atoms with van der Waals surface area (Å²) in [5, 5.41) is 10.1. The Morgan fingerprint density at radius 2 is 1.45 bits per heavy atom. The molecule has 11 heavy (non-hydrogen) atoms. The molecule has 0 aliphatic rings. The van der Waals surface area contributed by atoms with E-state index in [1.807, 2.05) is 0 Å². The van der Waals surface area contributed by atoms with Crippen LogP contribution in [0, 0.1) is 5.92 Å². The van der Waals surface area contributed by atoms with E-state index in [1.165, 1.54) is 0 Å². The third kappa shape index (κ3) is 3.24. The highest BCUT2D eigenvalue weighted by Gasteiger charge is 2.28. The van der Waals surface area contributed by atoms with Crippen molar-refractivity contribution in [3.05, 3.63) is 0 Å². The van der Waals surface area contributed by atoms with Crippen LogP contribution in [0.3, 0.4) is 0 Å². The predicted octanol–water partition coefficient (Wildman–Crippen LogP) is 2.97. The minimum absolute atomic E-state index is 0.391. The minimum atomic E-state index is -0.399. The second-order valence-electron chi connectivity index (χ2n) is 3.76. The predicted molar refractivity (Wildman–Crippen MR) is 49.6 cm³/mol. The van der Waals surface area contributed by atoms with E-state index in [2.05, 4.69) is 27.7 Å². The van der Waals surface area contributed by atoms with Gasteiger partial charge in [-0.3, -0.25) is 0 Å². The summed E-state index contributed by atoms with van der Waals surface area (Å²) in [6, 6.07) is 0. The van der Waals surface area contributed by atoms with Gasteiger partial charge in [-0.2, -0.15) is 0 Å². The molecule has 0 saturated carbocycles. The minimum Gasteiger partial charge on any atom is -0.390 e. The highest BCUT2D eigenvalue weighted by Crippen LogP contribution is 2.27. The van der Waals surface area contributed by atoms with E-state index < -0.39 is 5.60 Å². The monoisotopic (exact) mass is 158 g/mol. The summed E-state index contributed by atoms with van der Waals surface area (Å²) in [5.41, 5.74) is -0.399. The van der Waals surface area contributed by atoms with Crippen molar-refractivity contribution in [2.24, 2.45) is 5.92 Å². The molecule has 0 bridgehead atoms. The van der Waals surface area contributed by atoms with Crippen molar-refractivity contribution < 1.29 is 5.11 Å². The van der Waals surface area contributed by atoms with Gasteiger partial charge in [0, 0.05) is 0 Å². The Morgan fingerprint density at radius 1 is 1.09 bits per heavy atom. The van der Waals surface area contributed by atoms with Gasteiger partial charge in [0.2, 0.25) is 0 Å². The van der Waals surface area contributed by atoms with Crippen molar-refractivity contribution in [1.82, 2.24) is 0 Å². The lowest BCUT2D eigenvalue weighted by Gasteiger charge is -2.31. The molecule has 1 heteroatoms. The first kappa shape index (κ1) is 11.0. The van der Waals surface area contributed by atoms with Gasteiger partial charge >= 0.3 is 0 Å². The molecule has 0 rings (SSSR count). The maximum atomic E-state index is 10.1.